The minimum absolute atomic E-state index is 1.08. The van der Waals surface area contributed by atoms with Crippen molar-refractivity contribution in [3.8, 4) is 0 Å². The average molecular weight is 193 g/mol. The van der Waals surface area contributed by atoms with E-state index in [9.17, 15) is 0 Å². The Balaban J connectivity index is 2.99. The lowest BCUT2D eigenvalue weighted by Gasteiger charge is -1.95. The predicted octanol–water partition coefficient (Wildman–Crippen LogP) is 5.07. The molecule has 0 rings (SSSR count). The Kier molecular flexibility index (Phi) is 12.0. The zero-order chi connectivity index (χ0) is 10.5. The van der Waals surface area contributed by atoms with Crippen LogP contribution in [-0.4, -0.2) is 0 Å². The van der Waals surface area contributed by atoms with Crippen molar-refractivity contribution in [1.29, 1.82) is 0 Å². The Hall–Kier alpha value is -0.520. The lowest BCUT2D eigenvalue weighted by atomic mass is 10.1. The normalized spacial score (nSPS) is 10.9. The van der Waals surface area contributed by atoms with Crippen molar-refractivity contribution < 1.29 is 0 Å². The van der Waals surface area contributed by atoms with Crippen LogP contribution in [0.2, 0.25) is 0 Å². The van der Waals surface area contributed by atoms with Gasteiger partial charge in [0.2, 0.25) is 0 Å². The van der Waals surface area contributed by atoms with Crippen molar-refractivity contribution in [2.75, 3.05) is 0 Å². The first kappa shape index (κ1) is 13.5. The van der Waals surface area contributed by atoms with Crippen LogP contribution in [0.4, 0.5) is 0 Å². The van der Waals surface area contributed by atoms with Gasteiger partial charge in [0.25, 0.3) is 0 Å². The summed E-state index contributed by atoms with van der Waals surface area (Å²) in [6, 6.07) is 0. The van der Waals surface area contributed by atoms with Gasteiger partial charge in [-0.2, -0.15) is 0 Å². The number of hydrogen-bond donors (Lipinski definition) is 0. The van der Waals surface area contributed by atoms with Gasteiger partial charge in [-0.1, -0.05) is 44.4 Å². The van der Waals surface area contributed by atoms with Crippen molar-refractivity contribution >= 4 is 0 Å². The molecule has 0 aliphatic carbocycles. The molecular weight excluding hydrogens is 168 g/mol. The minimum Gasteiger partial charge on any atom is -0.103 e. The Morgan fingerprint density at radius 2 is 1.29 bits per heavy atom. The van der Waals surface area contributed by atoms with Gasteiger partial charge in [-0.15, -0.1) is 6.58 Å². The molecule has 0 saturated heterocycles. The lowest BCUT2D eigenvalue weighted by Crippen LogP contribution is -1.75. The third kappa shape index (κ3) is 11.5. The van der Waals surface area contributed by atoms with Crippen LogP contribution in [0.25, 0.3) is 0 Å². The number of unbranched alkanes of at least 4 members (excludes halogenated alkanes) is 7. The van der Waals surface area contributed by atoms with Crippen LogP contribution in [-0.2, 0) is 0 Å². The first-order valence-corrected chi connectivity index (χ1v) is 5.97. The van der Waals surface area contributed by atoms with Gasteiger partial charge in [0.1, 0.15) is 0 Å². The van der Waals surface area contributed by atoms with Gasteiger partial charge in [-0.3, -0.25) is 0 Å². The van der Waals surface area contributed by atoms with E-state index in [1.54, 1.807) is 0 Å². The quantitative estimate of drug-likeness (QED) is 0.335. The molecule has 0 aliphatic heterocycles. The minimum atomic E-state index is 1.08. The van der Waals surface area contributed by atoms with E-state index in [4.69, 9.17) is 0 Å². The summed E-state index contributed by atoms with van der Waals surface area (Å²) in [4.78, 5) is 0. The molecule has 0 aromatic heterocycles. The third-order valence-electron chi connectivity index (χ3n) is 2.32. The molecule has 0 aromatic rings. The van der Waals surface area contributed by atoms with Crippen LogP contribution in [0.1, 0.15) is 57.8 Å². The van der Waals surface area contributed by atoms with Crippen molar-refractivity contribution in [2.24, 2.45) is 0 Å². The van der Waals surface area contributed by atoms with Gasteiger partial charge < -0.3 is 0 Å². The standard InChI is InChI=1S/C14H25/c1-3-5-7-9-11-13-14-12-10-8-6-4-2/h3,12,14H,1-2,4-11,13H2. The molecule has 0 heterocycles. The van der Waals surface area contributed by atoms with Gasteiger partial charge in [-0.05, 0) is 38.5 Å². The summed E-state index contributed by atoms with van der Waals surface area (Å²) in [6.45, 7) is 7.55. The smallest absolute Gasteiger partial charge is 0.0351 e. The highest BCUT2D eigenvalue weighted by atomic mass is 13.9. The fourth-order valence-electron chi connectivity index (χ4n) is 1.40. The molecule has 14 heavy (non-hydrogen) atoms. The molecule has 0 nitrogen and oxygen atoms in total. The second-order valence-electron chi connectivity index (χ2n) is 3.75. The SMILES string of the molecule is [CH2]CCCCC=CCCCCCC=C. The lowest BCUT2D eigenvalue weighted by molar-refractivity contribution is 0.694. The number of rotatable bonds is 10. The molecule has 0 bridgehead atoms. The molecule has 0 saturated carbocycles. The van der Waals surface area contributed by atoms with Gasteiger partial charge in [0.15, 0.2) is 0 Å². The van der Waals surface area contributed by atoms with Crippen LogP contribution >= 0.6 is 0 Å². The van der Waals surface area contributed by atoms with E-state index in [2.05, 4.69) is 25.7 Å². The Bertz CT molecular complexity index is 133. The van der Waals surface area contributed by atoms with E-state index < -0.39 is 0 Å². The number of hydrogen-bond acceptors (Lipinski definition) is 0. The summed E-state index contributed by atoms with van der Waals surface area (Å²) in [5, 5.41) is 0. The highest BCUT2D eigenvalue weighted by Gasteiger charge is 1.85. The maximum atomic E-state index is 3.83. The van der Waals surface area contributed by atoms with Crippen molar-refractivity contribution in [3.05, 3.63) is 31.7 Å². The molecule has 0 amide bonds. The maximum absolute atomic E-state index is 3.83. The Morgan fingerprint density at radius 3 is 1.86 bits per heavy atom. The highest BCUT2D eigenvalue weighted by molar-refractivity contribution is 4.81. The second-order valence-corrected chi connectivity index (χ2v) is 3.75. The molecule has 81 valence electrons. The van der Waals surface area contributed by atoms with Crippen LogP contribution in [0.5, 0.6) is 0 Å². The van der Waals surface area contributed by atoms with Gasteiger partial charge in [0, 0.05) is 0 Å². The Labute approximate surface area is 90.1 Å². The molecule has 0 atom stereocenters. The molecule has 0 spiro atoms. The maximum Gasteiger partial charge on any atom is -0.0351 e. The van der Waals surface area contributed by atoms with Crippen molar-refractivity contribution in [3.63, 3.8) is 0 Å². The third-order valence-corrected chi connectivity index (χ3v) is 2.32. The topological polar surface area (TPSA) is 0 Å². The molecule has 0 heteroatoms. The van der Waals surface area contributed by atoms with Gasteiger partial charge >= 0.3 is 0 Å². The molecule has 1 radical (unpaired) electrons. The summed E-state index contributed by atoms with van der Waals surface area (Å²) >= 11 is 0. The van der Waals surface area contributed by atoms with E-state index in [-0.39, 0.29) is 0 Å². The van der Waals surface area contributed by atoms with Crippen LogP contribution in [0.15, 0.2) is 24.8 Å². The van der Waals surface area contributed by atoms with E-state index in [1.165, 1.54) is 51.4 Å². The van der Waals surface area contributed by atoms with E-state index in [0.29, 0.717) is 0 Å². The van der Waals surface area contributed by atoms with Gasteiger partial charge in [-0.25, -0.2) is 0 Å². The van der Waals surface area contributed by atoms with Gasteiger partial charge in [0.05, 0.1) is 0 Å². The molecule has 0 unspecified atom stereocenters. The summed E-state index contributed by atoms with van der Waals surface area (Å²) in [5.41, 5.74) is 0. The fraction of sp³-hybridized carbons (Fsp3) is 0.643. The molecule has 0 aliphatic rings. The molecule has 0 aromatic carbocycles. The molecule has 0 fully saturated rings. The molecular formula is C14H25. The van der Waals surface area contributed by atoms with Crippen molar-refractivity contribution in [2.45, 2.75) is 57.8 Å². The van der Waals surface area contributed by atoms with Crippen LogP contribution in [0.3, 0.4) is 0 Å². The summed E-state index contributed by atoms with van der Waals surface area (Å²) in [5.74, 6) is 0. The zero-order valence-corrected chi connectivity index (χ0v) is 9.51. The van der Waals surface area contributed by atoms with Crippen LogP contribution in [0, 0.1) is 6.92 Å². The first-order chi connectivity index (χ1) is 6.91. The largest absolute Gasteiger partial charge is 0.103 e. The van der Waals surface area contributed by atoms with Crippen molar-refractivity contribution in [1.82, 2.24) is 0 Å². The van der Waals surface area contributed by atoms with E-state index >= 15 is 0 Å². The summed E-state index contributed by atoms with van der Waals surface area (Å²) in [6.07, 6.45) is 18.0. The number of allylic oxidation sites excluding steroid dienone is 3. The van der Waals surface area contributed by atoms with E-state index in [1.807, 2.05) is 6.08 Å². The predicted molar refractivity (Wildman–Crippen MR) is 66.2 cm³/mol. The summed E-state index contributed by atoms with van der Waals surface area (Å²) < 4.78 is 0. The second kappa shape index (κ2) is 12.5. The van der Waals surface area contributed by atoms with Crippen LogP contribution < -0.4 is 0 Å². The molecule has 0 N–H and O–H groups in total. The average Bonchev–Trinajstić information content (AvgIpc) is 2.21. The van der Waals surface area contributed by atoms with E-state index in [0.717, 1.165) is 6.42 Å². The first-order valence-electron chi connectivity index (χ1n) is 5.97. The fourth-order valence-corrected chi connectivity index (χ4v) is 1.40. The zero-order valence-electron chi connectivity index (χ0n) is 9.51. The summed E-state index contributed by atoms with van der Waals surface area (Å²) in [7, 11) is 0. The monoisotopic (exact) mass is 193 g/mol. The highest BCUT2D eigenvalue weighted by Crippen LogP contribution is 2.05. The Morgan fingerprint density at radius 1 is 0.714 bits per heavy atom.